The standard InChI is InChI=1S/C20H21N5O5S/c21-15-16-5-7-17(8-6-16)31(29,30)24-13-11-23(12-14-24)10-9-20(26)22-18-3-1-2-4-19(18)25(27)28/h1-8H,9-14H2,(H,22,26). The molecule has 0 bridgehead atoms. The summed E-state index contributed by atoms with van der Waals surface area (Å²) in [6, 6.07) is 13.7. The fourth-order valence-corrected chi connectivity index (χ4v) is 4.68. The molecule has 1 amide bonds. The van der Waals surface area contributed by atoms with Gasteiger partial charge in [-0.1, -0.05) is 12.1 Å². The van der Waals surface area contributed by atoms with Gasteiger partial charge in [0.1, 0.15) is 5.69 Å². The highest BCUT2D eigenvalue weighted by Gasteiger charge is 2.28. The van der Waals surface area contributed by atoms with E-state index >= 15 is 0 Å². The molecule has 1 aliphatic heterocycles. The third-order valence-corrected chi connectivity index (χ3v) is 6.90. The van der Waals surface area contributed by atoms with Crippen molar-refractivity contribution in [1.82, 2.24) is 9.21 Å². The van der Waals surface area contributed by atoms with E-state index in [2.05, 4.69) is 5.32 Å². The van der Waals surface area contributed by atoms with Crippen LogP contribution in [0.5, 0.6) is 0 Å². The second kappa shape index (κ2) is 9.65. The van der Waals surface area contributed by atoms with Crippen molar-refractivity contribution in [2.45, 2.75) is 11.3 Å². The largest absolute Gasteiger partial charge is 0.320 e. The second-order valence-electron chi connectivity index (χ2n) is 6.95. The number of nitrogens with zero attached hydrogens (tertiary/aromatic N) is 4. The number of para-hydroxylation sites is 2. The minimum atomic E-state index is -3.64. The summed E-state index contributed by atoms with van der Waals surface area (Å²) in [4.78, 5) is 24.8. The number of carbonyl (C=O) groups excluding carboxylic acids is 1. The molecule has 2 aromatic carbocycles. The number of hydrogen-bond acceptors (Lipinski definition) is 7. The number of sulfonamides is 1. The van der Waals surface area contributed by atoms with Crippen LogP contribution in [-0.4, -0.2) is 61.2 Å². The van der Waals surface area contributed by atoms with Gasteiger partial charge in [0.15, 0.2) is 0 Å². The van der Waals surface area contributed by atoms with E-state index < -0.39 is 14.9 Å². The second-order valence-corrected chi connectivity index (χ2v) is 8.89. The van der Waals surface area contributed by atoms with Gasteiger partial charge in [-0.2, -0.15) is 9.57 Å². The molecule has 0 aromatic heterocycles. The lowest BCUT2D eigenvalue weighted by Gasteiger charge is -2.33. The van der Waals surface area contributed by atoms with Gasteiger partial charge in [0.05, 0.1) is 21.5 Å². The van der Waals surface area contributed by atoms with Gasteiger partial charge < -0.3 is 10.2 Å². The molecule has 162 valence electrons. The third-order valence-electron chi connectivity index (χ3n) is 4.98. The molecular formula is C20H21N5O5S. The lowest BCUT2D eigenvalue weighted by atomic mass is 10.2. The molecule has 0 unspecified atom stereocenters. The summed E-state index contributed by atoms with van der Waals surface area (Å²) in [5.74, 6) is -0.345. The zero-order valence-corrected chi connectivity index (χ0v) is 17.4. The normalized spacial score (nSPS) is 15.2. The maximum atomic E-state index is 12.8. The molecule has 0 saturated carbocycles. The molecular weight excluding hydrogens is 422 g/mol. The molecule has 3 rings (SSSR count). The molecule has 1 N–H and O–H groups in total. The number of nitrogens with one attached hydrogen (secondary N) is 1. The number of hydrogen-bond donors (Lipinski definition) is 1. The molecule has 31 heavy (non-hydrogen) atoms. The summed E-state index contributed by atoms with van der Waals surface area (Å²) < 4.78 is 26.9. The van der Waals surface area contributed by atoms with Crippen molar-refractivity contribution in [2.75, 3.05) is 38.0 Å². The number of anilines is 1. The van der Waals surface area contributed by atoms with Crippen LogP contribution in [0.25, 0.3) is 0 Å². The number of amides is 1. The summed E-state index contributed by atoms with van der Waals surface area (Å²) >= 11 is 0. The Kier molecular flexibility index (Phi) is 6.96. The number of piperazine rings is 1. The first-order valence-electron chi connectivity index (χ1n) is 9.57. The van der Waals surface area contributed by atoms with Crippen molar-refractivity contribution < 1.29 is 18.1 Å². The van der Waals surface area contributed by atoms with E-state index in [1.807, 2.05) is 11.0 Å². The maximum Gasteiger partial charge on any atom is 0.292 e. The molecule has 0 atom stereocenters. The molecule has 11 heteroatoms. The Hall–Kier alpha value is -3.33. The summed E-state index contributed by atoms with van der Waals surface area (Å²) in [7, 11) is -3.64. The Bertz CT molecular complexity index is 1100. The zero-order chi connectivity index (χ0) is 22.4. The zero-order valence-electron chi connectivity index (χ0n) is 16.6. The van der Waals surface area contributed by atoms with Crippen LogP contribution >= 0.6 is 0 Å². The first-order valence-corrected chi connectivity index (χ1v) is 11.0. The molecule has 1 fully saturated rings. The molecule has 1 saturated heterocycles. The Balaban J connectivity index is 1.50. The van der Waals surface area contributed by atoms with Gasteiger partial charge in [-0.25, -0.2) is 8.42 Å². The lowest BCUT2D eigenvalue weighted by molar-refractivity contribution is -0.383. The van der Waals surface area contributed by atoms with Gasteiger partial charge in [0, 0.05) is 45.2 Å². The summed E-state index contributed by atoms with van der Waals surface area (Å²) in [6.07, 6.45) is 0.133. The fourth-order valence-electron chi connectivity index (χ4n) is 3.25. The van der Waals surface area contributed by atoms with Crippen LogP contribution in [0.1, 0.15) is 12.0 Å². The Morgan fingerprint density at radius 2 is 1.74 bits per heavy atom. The number of rotatable bonds is 7. The highest BCUT2D eigenvalue weighted by atomic mass is 32.2. The number of carbonyl (C=O) groups is 1. The summed E-state index contributed by atoms with van der Waals surface area (Å²) in [5.41, 5.74) is 0.371. The number of nitro groups is 1. The fraction of sp³-hybridized carbons (Fsp3) is 0.300. The van der Waals surface area contributed by atoms with Crippen molar-refractivity contribution in [2.24, 2.45) is 0 Å². The molecule has 0 spiro atoms. The van der Waals surface area contributed by atoms with Gasteiger partial charge in [-0.15, -0.1) is 0 Å². The lowest BCUT2D eigenvalue weighted by Crippen LogP contribution is -2.49. The van der Waals surface area contributed by atoms with Crippen molar-refractivity contribution >= 4 is 27.3 Å². The van der Waals surface area contributed by atoms with Crippen LogP contribution < -0.4 is 5.32 Å². The number of nitriles is 1. The predicted molar refractivity (Wildman–Crippen MR) is 113 cm³/mol. The van der Waals surface area contributed by atoms with Gasteiger partial charge in [0.2, 0.25) is 15.9 Å². The van der Waals surface area contributed by atoms with Crippen LogP contribution in [0.2, 0.25) is 0 Å². The first-order chi connectivity index (χ1) is 14.8. The average molecular weight is 443 g/mol. The Morgan fingerprint density at radius 3 is 2.35 bits per heavy atom. The van der Waals surface area contributed by atoms with Crippen molar-refractivity contribution in [3.63, 3.8) is 0 Å². The monoisotopic (exact) mass is 443 g/mol. The molecule has 2 aromatic rings. The minimum Gasteiger partial charge on any atom is -0.320 e. The van der Waals surface area contributed by atoms with Crippen LogP contribution in [0.3, 0.4) is 0 Å². The third kappa shape index (κ3) is 5.43. The van der Waals surface area contributed by atoms with Crippen LogP contribution in [0.4, 0.5) is 11.4 Å². The summed E-state index contributed by atoms with van der Waals surface area (Å²) in [6.45, 7) is 1.92. The molecule has 1 heterocycles. The van der Waals surface area contributed by atoms with Crippen LogP contribution in [0.15, 0.2) is 53.4 Å². The van der Waals surface area contributed by atoms with Gasteiger partial charge in [0.25, 0.3) is 5.69 Å². The van der Waals surface area contributed by atoms with Gasteiger partial charge in [-0.3, -0.25) is 14.9 Å². The Labute approximate surface area is 179 Å². The molecule has 0 aliphatic carbocycles. The first kappa shape index (κ1) is 22.4. The topological polar surface area (TPSA) is 137 Å². The van der Waals surface area contributed by atoms with E-state index in [9.17, 15) is 23.3 Å². The van der Waals surface area contributed by atoms with Crippen molar-refractivity contribution in [1.29, 1.82) is 5.26 Å². The van der Waals surface area contributed by atoms with E-state index in [0.29, 0.717) is 25.2 Å². The minimum absolute atomic E-state index is 0.133. The number of nitro benzene ring substituents is 1. The van der Waals surface area contributed by atoms with E-state index in [1.165, 1.54) is 46.8 Å². The molecule has 10 nitrogen and oxygen atoms in total. The van der Waals surface area contributed by atoms with Crippen molar-refractivity contribution in [3.05, 3.63) is 64.2 Å². The Morgan fingerprint density at radius 1 is 1.10 bits per heavy atom. The molecule has 1 aliphatic rings. The van der Waals surface area contributed by atoms with E-state index in [1.54, 1.807) is 6.07 Å². The van der Waals surface area contributed by atoms with Crippen molar-refractivity contribution in [3.8, 4) is 6.07 Å². The quantitative estimate of drug-likeness (QED) is 0.509. The molecule has 0 radical (unpaired) electrons. The average Bonchev–Trinajstić information content (AvgIpc) is 2.78. The predicted octanol–water partition coefficient (Wildman–Crippen LogP) is 1.80. The van der Waals surface area contributed by atoms with Crippen LogP contribution in [-0.2, 0) is 14.8 Å². The smallest absolute Gasteiger partial charge is 0.292 e. The van der Waals surface area contributed by atoms with E-state index in [4.69, 9.17) is 5.26 Å². The SMILES string of the molecule is N#Cc1ccc(S(=O)(=O)N2CCN(CCC(=O)Nc3ccccc3[N+](=O)[O-])CC2)cc1. The van der Waals surface area contributed by atoms with Gasteiger partial charge >= 0.3 is 0 Å². The number of benzene rings is 2. The van der Waals surface area contributed by atoms with E-state index in [-0.39, 0.29) is 41.7 Å². The highest BCUT2D eigenvalue weighted by molar-refractivity contribution is 7.89. The summed E-state index contributed by atoms with van der Waals surface area (Å²) in [5, 5.41) is 22.4. The maximum absolute atomic E-state index is 12.8. The van der Waals surface area contributed by atoms with Crippen LogP contribution in [0, 0.1) is 21.4 Å². The van der Waals surface area contributed by atoms with E-state index in [0.717, 1.165) is 0 Å². The van der Waals surface area contributed by atoms with Gasteiger partial charge in [-0.05, 0) is 30.3 Å². The highest BCUT2D eigenvalue weighted by Crippen LogP contribution is 2.23.